The normalized spacial score (nSPS) is 18.0. The van der Waals surface area contributed by atoms with Crippen molar-refractivity contribution in [2.24, 2.45) is 5.92 Å². The highest BCUT2D eigenvalue weighted by Gasteiger charge is 2.30. The molecule has 1 aliphatic heterocycles. The predicted octanol–water partition coefficient (Wildman–Crippen LogP) is 2.33. The van der Waals surface area contributed by atoms with E-state index in [1.165, 1.54) is 0 Å². The molecule has 1 aliphatic carbocycles. The molecule has 26 heavy (non-hydrogen) atoms. The molecule has 0 spiro atoms. The summed E-state index contributed by atoms with van der Waals surface area (Å²) in [5, 5.41) is 0. The Morgan fingerprint density at radius 2 is 1.46 bits per heavy atom. The summed E-state index contributed by atoms with van der Waals surface area (Å²) in [6.07, 6.45) is 4.37. The maximum atomic E-state index is 12.4. The van der Waals surface area contributed by atoms with E-state index in [0.717, 1.165) is 31.4 Å². The van der Waals surface area contributed by atoms with Gasteiger partial charge < -0.3 is 19.3 Å². The number of benzene rings is 1. The summed E-state index contributed by atoms with van der Waals surface area (Å²) in [7, 11) is 0. The zero-order valence-corrected chi connectivity index (χ0v) is 15.5. The van der Waals surface area contributed by atoms with Gasteiger partial charge in [0, 0.05) is 32.1 Å². The van der Waals surface area contributed by atoms with Crippen LogP contribution >= 0.6 is 0 Å². The van der Waals surface area contributed by atoms with E-state index in [1.807, 2.05) is 24.0 Å². The highest BCUT2D eigenvalue weighted by atomic mass is 16.5. The van der Waals surface area contributed by atoms with Gasteiger partial charge >= 0.3 is 0 Å². The molecule has 1 heterocycles. The molecule has 2 fully saturated rings. The van der Waals surface area contributed by atoms with Crippen LogP contribution in [0.25, 0.3) is 0 Å². The lowest BCUT2D eigenvalue weighted by Crippen LogP contribution is -2.52. The highest BCUT2D eigenvalue weighted by molar-refractivity contribution is 5.80. The topological polar surface area (TPSA) is 59.1 Å². The zero-order chi connectivity index (χ0) is 18.4. The second-order valence-corrected chi connectivity index (χ2v) is 6.88. The van der Waals surface area contributed by atoms with Crippen molar-refractivity contribution in [3.8, 4) is 11.5 Å². The van der Waals surface area contributed by atoms with Gasteiger partial charge in [-0.3, -0.25) is 9.59 Å². The molecule has 0 N–H and O–H groups in total. The molecule has 142 valence electrons. The molecule has 6 heteroatoms. The first-order valence-corrected chi connectivity index (χ1v) is 9.59. The molecule has 0 aromatic heterocycles. The first-order valence-electron chi connectivity index (χ1n) is 9.59. The third kappa shape index (κ3) is 4.68. The zero-order valence-electron chi connectivity index (χ0n) is 15.5. The summed E-state index contributed by atoms with van der Waals surface area (Å²) < 4.78 is 11.0. The maximum Gasteiger partial charge on any atom is 0.260 e. The summed E-state index contributed by atoms with van der Waals surface area (Å²) in [5.74, 6) is 1.89. The van der Waals surface area contributed by atoms with Gasteiger partial charge in [-0.1, -0.05) is 12.8 Å². The van der Waals surface area contributed by atoms with Crippen molar-refractivity contribution < 1.29 is 19.1 Å². The lowest BCUT2D eigenvalue weighted by atomic mass is 10.1. The van der Waals surface area contributed by atoms with Crippen LogP contribution in [-0.2, 0) is 9.59 Å². The van der Waals surface area contributed by atoms with Crippen LogP contribution in [0.5, 0.6) is 11.5 Å². The van der Waals surface area contributed by atoms with Crippen LogP contribution in [0.4, 0.5) is 0 Å². The fourth-order valence-electron chi connectivity index (χ4n) is 3.64. The van der Waals surface area contributed by atoms with Gasteiger partial charge in [-0.15, -0.1) is 0 Å². The average Bonchev–Trinajstić information content (AvgIpc) is 3.22. The van der Waals surface area contributed by atoms with Crippen LogP contribution in [-0.4, -0.2) is 61.0 Å². The van der Waals surface area contributed by atoms with Crippen molar-refractivity contribution in [2.75, 3.05) is 39.4 Å². The maximum absolute atomic E-state index is 12.4. The Kier molecular flexibility index (Phi) is 6.36. The van der Waals surface area contributed by atoms with Crippen LogP contribution in [0.15, 0.2) is 24.3 Å². The van der Waals surface area contributed by atoms with Crippen LogP contribution in [0.2, 0.25) is 0 Å². The number of amides is 2. The lowest BCUT2D eigenvalue weighted by Gasteiger charge is -2.36. The first kappa shape index (κ1) is 18.5. The van der Waals surface area contributed by atoms with E-state index >= 15 is 0 Å². The van der Waals surface area contributed by atoms with Gasteiger partial charge in [-0.05, 0) is 44.0 Å². The van der Waals surface area contributed by atoms with Gasteiger partial charge in [-0.25, -0.2) is 0 Å². The summed E-state index contributed by atoms with van der Waals surface area (Å²) >= 11 is 0. The highest BCUT2D eigenvalue weighted by Crippen LogP contribution is 2.27. The van der Waals surface area contributed by atoms with Crippen molar-refractivity contribution in [3.05, 3.63) is 24.3 Å². The van der Waals surface area contributed by atoms with E-state index in [1.54, 1.807) is 17.0 Å². The van der Waals surface area contributed by atoms with Gasteiger partial charge in [0.1, 0.15) is 11.5 Å². The summed E-state index contributed by atoms with van der Waals surface area (Å²) in [6.45, 7) is 5.00. The molecule has 1 saturated heterocycles. The van der Waals surface area contributed by atoms with E-state index in [9.17, 15) is 9.59 Å². The second kappa shape index (κ2) is 8.92. The van der Waals surface area contributed by atoms with Crippen molar-refractivity contribution in [3.63, 3.8) is 0 Å². The summed E-state index contributed by atoms with van der Waals surface area (Å²) in [4.78, 5) is 28.5. The molecule has 0 radical (unpaired) electrons. The lowest BCUT2D eigenvalue weighted by molar-refractivity contribution is -0.142. The minimum absolute atomic E-state index is 0.0184. The smallest absolute Gasteiger partial charge is 0.260 e. The molecule has 1 aromatic carbocycles. The van der Waals surface area contributed by atoms with Crippen molar-refractivity contribution in [2.45, 2.75) is 32.6 Å². The first-order chi connectivity index (χ1) is 12.7. The molecule has 1 aromatic rings. The number of hydrogen-bond acceptors (Lipinski definition) is 4. The number of nitrogens with zero attached hydrogens (tertiary/aromatic N) is 2. The predicted molar refractivity (Wildman–Crippen MR) is 98.2 cm³/mol. The van der Waals surface area contributed by atoms with Gasteiger partial charge in [0.15, 0.2) is 6.61 Å². The van der Waals surface area contributed by atoms with Crippen LogP contribution in [0, 0.1) is 5.92 Å². The van der Waals surface area contributed by atoms with Gasteiger partial charge in [-0.2, -0.15) is 0 Å². The minimum Gasteiger partial charge on any atom is -0.494 e. The van der Waals surface area contributed by atoms with Gasteiger partial charge in [0.05, 0.1) is 6.61 Å². The molecule has 1 saturated carbocycles. The third-order valence-corrected chi connectivity index (χ3v) is 5.15. The molecule has 2 aliphatic rings. The molecule has 6 nitrogen and oxygen atoms in total. The van der Waals surface area contributed by atoms with Crippen LogP contribution < -0.4 is 9.47 Å². The van der Waals surface area contributed by atoms with E-state index in [0.29, 0.717) is 38.5 Å². The molecule has 0 atom stereocenters. The standard InChI is InChI=1S/C20H28N2O4/c1-2-25-17-7-9-18(10-8-17)26-15-19(23)21-11-13-22(14-12-21)20(24)16-5-3-4-6-16/h7-10,16H,2-6,11-15H2,1H3. The van der Waals surface area contributed by atoms with Gasteiger partial charge in [0.2, 0.25) is 5.91 Å². The summed E-state index contributed by atoms with van der Waals surface area (Å²) in [5.41, 5.74) is 0. The number of hydrogen-bond donors (Lipinski definition) is 0. The number of ether oxygens (including phenoxy) is 2. The quantitative estimate of drug-likeness (QED) is 0.781. The Hall–Kier alpha value is -2.24. The van der Waals surface area contributed by atoms with E-state index in [4.69, 9.17) is 9.47 Å². The fourth-order valence-corrected chi connectivity index (χ4v) is 3.64. The van der Waals surface area contributed by atoms with E-state index in [-0.39, 0.29) is 24.3 Å². The molecule has 0 bridgehead atoms. The minimum atomic E-state index is -0.0353. The molecule has 2 amide bonds. The fraction of sp³-hybridized carbons (Fsp3) is 0.600. The Bertz CT molecular complexity index is 603. The Labute approximate surface area is 155 Å². The Morgan fingerprint density at radius 1 is 0.923 bits per heavy atom. The number of carbonyl (C=O) groups is 2. The number of rotatable bonds is 6. The Balaban J connectivity index is 1.41. The van der Waals surface area contributed by atoms with Crippen molar-refractivity contribution >= 4 is 11.8 Å². The monoisotopic (exact) mass is 360 g/mol. The van der Waals surface area contributed by atoms with Crippen molar-refractivity contribution in [1.82, 2.24) is 9.80 Å². The van der Waals surface area contributed by atoms with Crippen LogP contribution in [0.3, 0.4) is 0 Å². The van der Waals surface area contributed by atoms with Crippen molar-refractivity contribution in [1.29, 1.82) is 0 Å². The van der Waals surface area contributed by atoms with E-state index < -0.39 is 0 Å². The Morgan fingerprint density at radius 3 is 2.04 bits per heavy atom. The molecular formula is C20H28N2O4. The second-order valence-electron chi connectivity index (χ2n) is 6.88. The largest absolute Gasteiger partial charge is 0.494 e. The SMILES string of the molecule is CCOc1ccc(OCC(=O)N2CCN(C(=O)C3CCCC3)CC2)cc1. The summed E-state index contributed by atoms with van der Waals surface area (Å²) in [6, 6.07) is 7.26. The average molecular weight is 360 g/mol. The molecule has 0 unspecified atom stereocenters. The molecule has 3 rings (SSSR count). The van der Waals surface area contributed by atoms with Gasteiger partial charge in [0.25, 0.3) is 5.91 Å². The van der Waals surface area contributed by atoms with Crippen LogP contribution in [0.1, 0.15) is 32.6 Å². The third-order valence-electron chi connectivity index (χ3n) is 5.15. The number of carbonyl (C=O) groups excluding carboxylic acids is 2. The number of piperazine rings is 1. The molecular weight excluding hydrogens is 332 g/mol. The van der Waals surface area contributed by atoms with E-state index in [2.05, 4.69) is 0 Å².